The van der Waals surface area contributed by atoms with E-state index in [0.717, 1.165) is 0 Å². The molecule has 0 aromatic heterocycles. The van der Waals surface area contributed by atoms with E-state index >= 15 is 0 Å². The number of primary amides is 1. The minimum absolute atomic E-state index is 0.0358. The van der Waals surface area contributed by atoms with Gasteiger partial charge >= 0.3 is 5.97 Å². The molecular weight excluding hydrogens is 402 g/mol. The molecule has 0 bridgehead atoms. The number of piperidine rings is 1. The highest BCUT2D eigenvalue weighted by Crippen LogP contribution is 2.17. The van der Waals surface area contributed by atoms with Crippen molar-refractivity contribution in [2.75, 3.05) is 26.8 Å². The highest BCUT2D eigenvalue weighted by molar-refractivity contribution is 7.89. The third-order valence-electron chi connectivity index (χ3n) is 4.64. The van der Waals surface area contributed by atoms with Crippen LogP contribution in [0.2, 0.25) is 0 Å². The summed E-state index contributed by atoms with van der Waals surface area (Å²) in [6.45, 7) is 1.52. The Hall–Kier alpha value is -2.66. The summed E-state index contributed by atoms with van der Waals surface area (Å²) in [5.74, 6) is -1.43. The second-order valence-electron chi connectivity index (χ2n) is 6.68. The minimum atomic E-state index is -3.95. The Labute approximate surface area is 169 Å². The van der Waals surface area contributed by atoms with Crippen LogP contribution in [0.5, 0.6) is 5.75 Å². The van der Waals surface area contributed by atoms with Crippen molar-refractivity contribution in [3.8, 4) is 5.75 Å². The molecule has 1 aromatic rings. The van der Waals surface area contributed by atoms with Crippen LogP contribution in [0.15, 0.2) is 29.2 Å². The number of nitrogens with one attached hydrogen (secondary N) is 1. The van der Waals surface area contributed by atoms with Gasteiger partial charge in [0.25, 0.3) is 5.91 Å². The molecule has 1 fully saturated rings. The molecule has 2 rings (SSSR count). The van der Waals surface area contributed by atoms with E-state index in [0.29, 0.717) is 31.7 Å². The molecule has 29 heavy (non-hydrogen) atoms. The molecule has 160 valence electrons. The predicted molar refractivity (Wildman–Crippen MR) is 102 cm³/mol. The highest BCUT2D eigenvalue weighted by atomic mass is 32.2. The Morgan fingerprint density at radius 1 is 1.21 bits per heavy atom. The number of carbonyl (C=O) groups is 3. The molecule has 1 aromatic carbocycles. The van der Waals surface area contributed by atoms with Gasteiger partial charge in [-0.15, -0.1) is 0 Å². The second-order valence-corrected chi connectivity index (χ2v) is 8.40. The van der Waals surface area contributed by atoms with Gasteiger partial charge < -0.3 is 20.1 Å². The minimum Gasteiger partial charge on any atom is -0.497 e. The molecule has 1 aliphatic heterocycles. The van der Waals surface area contributed by atoms with Crippen molar-refractivity contribution < 1.29 is 32.3 Å². The van der Waals surface area contributed by atoms with E-state index in [9.17, 15) is 22.8 Å². The Morgan fingerprint density at radius 2 is 1.79 bits per heavy atom. The molecule has 1 saturated heterocycles. The number of ether oxygens (including phenoxy) is 2. The van der Waals surface area contributed by atoms with Crippen molar-refractivity contribution in [3.05, 3.63) is 24.3 Å². The van der Waals surface area contributed by atoms with Crippen molar-refractivity contribution in [2.45, 2.75) is 30.7 Å². The first-order chi connectivity index (χ1) is 13.6. The molecule has 10 nitrogen and oxygen atoms in total. The van der Waals surface area contributed by atoms with Crippen LogP contribution in [-0.2, 0) is 29.1 Å². The fourth-order valence-electron chi connectivity index (χ4n) is 2.87. The smallest absolute Gasteiger partial charge is 0.324 e. The first kappa shape index (κ1) is 22.6. The number of nitrogens with two attached hydrogens (primary N) is 1. The lowest BCUT2D eigenvalue weighted by molar-refractivity contribution is -0.153. The number of likely N-dealkylation sites (tertiary alicyclic amines) is 1. The Bertz CT molecular complexity index is 847. The largest absolute Gasteiger partial charge is 0.497 e. The summed E-state index contributed by atoms with van der Waals surface area (Å²) in [4.78, 5) is 36.8. The Kier molecular flexibility index (Phi) is 7.57. The molecule has 3 N–H and O–H groups in total. The van der Waals surface area contributed by atoms with Crippen molar-refractivity contribution in [3.63, 3.8) is 0 Å². The van der Waals surface area contributed by atoms with E-state index in [4.69, 9.17) is 15.2 Å². The summed E-state index contributed by atoms with van der Waals surface area (Å²) in [6.07, 6.45) is 0.931. The Morgan fingerprint density at radius 3 is 2.31 bits per heavy atom. The Balaban J connectivity index is 1.83. The van der Waals surface area contributed by atoms with Crippen LogP contribution in [0.3, 0.4) is 0 Å². The van der Waals surface area contributed by atoms with Gasteiger partial charge in [-0.2, -0.15) is 4.72 Å². The molecule has 1 aliphatic rings. The standard InChI is InChI=1S/C18H25N3O7S/c1-12(20-29(25,26)15-5-3-14(27-2)4-6-15)18(24)28-11-16(22)21-9-7-13(8-10-21)17(19)23/h3-6,12-13,20H,7-11H2,1-2H3,(H2,19,23)/t12-/m0/s1. The molecule has 0 spiro atoms. The van der Waals surface area contributed by atoms with Gasteiger partial charge in [0.2, 0.25) is 15.9 Å². The summed E-state index contributed by atoms with van der Waals surface area (Å²) >= 11 is 0. The third kappa shape index (κ3) is 6.16. The fraction of sp³-hybridized carbons (Fsp3) is 0.500. The summed E-state index contributed by atoms with van der Waals surface area (Å²) in [7, 11) is -2.49. The van der Waals surface area contributed by atoms with Crippen LogP contribution in [0.1, 0.15) is 19.8 Å². The van der Waals surface area contributed by atoms with Crippen LogP contribution in [0, 0.1) is 5.92 Å². The molecule has 1 atom stereocenters. The lowest BCUT2D eigenvalue weighted by atomic mass is 9.96. The van der Waals surface area contributed by atoms with Crippen molar-refractivity contribution >= 4 is 27.8 Å². The lowest BCUT2D eigenvalue weighted by Crippen LogP contribution is -2.44. The third-order valence-corrected chi connectivity index (χ3v) is 6.20. The number of rotatable bonds is 8. The van der Waals surface area contributed by atoms with Crippen LogP contribution in [0.25, 0.3) is 0 Å². The maximum absolute atomic E-state index is 12.3. The van der Waals surface area contributed by atoms with Gasteiger partial charge in [-0.1, -0.05) is 0 Å². The SMILES string of the molecule is COc1ccc(S(=O)(=O)N[C@@H](C)C(=O)OCC(=O)N2CCC(C(N)=O)CC2)cc1. The zero-order valence-corrected chi connectivity index (χ0v) is 17.1. The van der Waals surface area contributed by atoms with Gasteiger partial charge in [-0.25, -0.2) is 8.42 Å². The predicted octanol–water partition coefficient (Wildman–Crippen LogP) is -0.371. The van der Waals surface area contributed by atoms with Gasteiger partial charge in [0.05, 0.1) is 12.0 Å². The summed E-state index contributed by atoms with van der Waals surface area (Å²) < 4.78 is 36.8. The normalized spacial score (nSPS) is 16.1. The number of methoxy groups -OCH3 is 1. The number of nitrogens with zero attached hydrogens (tertiary/aromatic N) is 1. The van der Waals surface area contributed by atoms with Gasteiger partial charge in [0, 0.05) is 19.0 Å². The summed E-state index contributed by atoms with van der Waals surface area (Å²) in [5.41, 5.74) is 5.25. The fourth-order valence-corrected chi connectivity index (χ4v) is 4.06. The maximum atomic E-state index is 12.3. The van der Waals surface area contributed by atoms with E-state index in [-0.39, 0.29) is 16.7 Å². The molecule has 2 amide bonds. The van der Waals surface area contributed by atoms with Gasteiger partial charge in [0.1, 0.15) is 11.8 Å². The van der Waals surface area contributed by atoms with E-state index in [1.54, 1.807) is 0 Å². The average molecular weight is 427 g/mol. The zero-order valence-electron chi connectivity index (χ0n) is 16.3. The highest BCUT2D eigenvalue weighted by Gasteiger charge is 2.28. The molecule has 0 unspecified atom stereocenters. The quantitative estimate of drug-likeness (QED) is 0.538. The number of hydrogen-bond donors (Lipinski definition) is 2. The average Bonchev–Trinajstić information content (AvgIpc) is 2.71. The van der Waals surface area contributed by atoms with Crippen LogP contribution < -0.4 is 15.2 Å². The number of amides is 2. The number of hydrogen-bond acceptors (Lipinski definition) is 7. The zero-order chi connectivity index (χ0) is 21.6. The topological polar surface area (TPSA) is 145 Å². The van der Waals surface area contributed by atoms with E-state index < -0.39 is 34.5 Å². The molecule has 1 heterocycles. The second kappa shape index (κ2) is 9.70. The first-order valence-corrected chi connectivity index (χ1v) is 10.5. The molecule has 0 radical (unpaired) electrons. The van der Waals surface area contributed by atoms with E-state index in [1.165, 1.54) is 43.2 Å². The van der Waals surface area contributed by atoms with Crippen molar-refractivity contribution in [2.24, 2.45) is 11.7 Å². The van der Waals surface area contributed by atoms with Crippen LogP contribution in [-0.4, -0.2) is 63.9 Å². The number of benzene rings is 1. The monoisotopic (exact) mass is 427 g/mol. The molecule has 0 aliphatic carbocycles. The first-order valence-electron chi connectivity index (χ1n) is 9.04. The summed E-state index contributed by atoms with van der Waals surface area (Å²) in [6, 6.07) is 4.47. The van der Waals surface area contributed by atoms with Crippen LogP contribution in [0.4, 0.5) is 0 Å². The molecular formula is C18H25N3O7S. The van der Waals surface area contributed by atoms with Gasteiger partial charge in [-0.3, -0.25) is 14.4 Å². The summed E-state index contributed by atoms with van der Waals surface area (Å²) in [5, 5.41) is 0. The van der Waals surface area contributed by atoms with Crippen LogP contribution >= 0.6 is 0 Å². The van der Waals surface area contributed by atoms with Gasteiger partial charge in [0.15, 0.2) is 6.61 Å². The van der Waals surface area contributed by atoms with Crippen molar-refractivity contribution in [1.29, 1.82) is 0 Å². The number of carbonyl (C=O) groups excluding carboxylic acids is 3. The van der Waals surface area contributed by atoms with E-state index in [1.807, 2.05) is 0 Å². The maximum Gasteiger partial charge on any atom is 0.324 e. The molecule has 11 heteroatoms. The lowest BCUT2D eigenvalue weighted by Gasteiger charge is -2.30. The molecule has 0 saturated carbocycles. The number of sulfonamides is 1. The number of esters is 1. The van der Waals surface area contributed by atoms with Crippen molar-refractivity contribution in [1.82, 2.24) is 9.62 Å². The van der Waals surface area contributed by atoms with Gasteiger partial charge in [-0.05, 0) is 44.0 Å². The van der Waals surface area contributed by atoms with E-state index in [2.05, 4.69) is 4.72 Å².